The summed E-state index contributed by atoms with van der Waals surface area (Å²) >= 11 is 1.46. The average molecular weight is 831 g/mol. The molecule has 5 aromatic carbocycles. The molecule has 8 rings (SSSR count). The fourth-order valence-corrected chi connectivity index (χ4v) is 8.66. The predicted octanol–water partition coefficient (Wildman–Crippen LogP) is 7.89. The van der Waals surface area contributed by atoms with Crippen LogP contribution >= 0.6 is 0 Å². The smallest absolute Gasteiger partial charge is 0.109 e. The van der Waals surface area contributed by atoms with Crippen LogP contribution in [0.3, 0.4) is 0 Å². The molecule has 3 heteroatoms. The van der Waals surface area contributed by atoms with Crippen molar-refractivity contribution in [2.24, 2.45) is 10.8 Å². The van der Waals surface area contributed by atoms with Crippen molar-refractivity contribution in [3.8, 4) is 0 Å². The summed E-state index contributed by atoms with van der Waals surface area (Å²) in [7, 11) is 0. The fourth-order valence-electron chi connectivity index (χ4n) is 7.84. The third kappa shape index (κ3) is 9.02. The Bertz CT molecular complexity index is 2130. The van der Waals surface area contributed by atoms with Gasteiger partial charge in [-0.25, -0.2) is 12.2 Å². The summed E-state index contributed by atoms with van der Waals surface area (Å²) in [5, 5.41) is 5.58. The average Bonchev–Trinajstić information content (AvgIpc) is 3.86. The van der Waals surface area contributed by atoms with Crippen LogP contribution in [-0.4, -0.2) is 3.21 Å². The van der Waals surface area contributed by atoms with Gasteiger partial charge in [0.25, 0.3) is 0 Å². The topological polar surface area (TPSA) is 0 Å². The van der Waals surface area contributed by atoms with Crippen molar-refractivity contribution in [1.82, 2.24) is 0 Å². The first-order valence-corrected chi connectivity index (χ1v) is 20.1. The molecule has 3 aliphatic carbocycles. The van der Waals surface area contributed by atoms with Crippen molar-refractivity contribution in [3.05, 3.63) is 160 Å². The van der Waals surface area contributed by atoms with Gasteiger partial charge in [-0.1, -0.05) is 105 Å². The van der Waals surface area contributed by atoms with Crippen LogP contribution in [0.15, 0.2) is 109 Å². The van der Waals surface area contributed by atoms with Crippen LogP contribution in [0, 0.1) is 30.8 Å². The van der Waals surface area contributed by atoms with E-state index in [1.54, 1.807) is 0 Å². The molecule has 0 saturated carbocycles. The maximum Gasteiger partial charge on any atom is -0.109 e. The van der Waals surface area contributed by atoms with Gasteiger partial charge < -0.3 is 24.8 Å². The number of aryl methyl sites for hydroxylation is 2. The van der Waals surface area contributed by atoms with E-state index in [9.17, 15) is 0 Å². The third-order valence-corrected chi connectivity index (χ3v) is 12.3. The first-order valence-electron chi connectivity index (χ1n) is 18.9. The van der Waals surface area contributed by atoms with E-state index in [4.69, 9.17) is 0 Å². The second-order valence-electron chi connectivity index (χ2n) is 18.3. The van der Waals surface area contributed by atoms with Crippen molar-refractivity contribution in [2.45, 2.75) is 100 Å². The van der Waals surface area contributed by atoms with E-state index < -0.39 is 0 Å². The molecule has 0 unspecified atom stereocenters. The molecule has 0 bridgehead atoms. The Balaban J connectivity index is 0.000000236. The zero-order valence-corrected chi connectivity index (χ0v) is 38.3. The molecule has 0 nitrogen and oxygen atoms in total. The van der Waals surface area contributed by atoms with Crippen LogP contribution in [0.4, 0.5) is 0 Å². The standard InChI is InChI=1S/C31H37.C15H14.C5H5.2ClH.Zr/c1-28(2,3)26-16-30(7,8)24-12-18-11-19-13-25-23(15-21(19)20(18)14-22(24)26)27(29(4,5)6)17-31(25,9)10;1-12-3-7-14(8-4-12)11-15-9-5-13(2)6-10-15;1-2-4-5-3-1;;;/h11-17H,1-10H3;3-10H,1-2H3;1-3H,4H2;2*1H;/q-1;;-1;;;+2/p-2. The van der Waals surface area contributed by atoms with Gasteiger partial charge in [0.15, 0.2) is 0 Å². The van der Waals surface area contributed by atoms with E-state index in [1.165, 1.54) is 105 Å². The van der Waals surface area contributed by atoms with Gasteiger partial charge in [0.1, 0.15) is 0 Å². The number of fused-ring (bicyclic) bond motifs is 5. The van der Waals surface area contributed by atoms with Crippen LogP contribution in [0.1, 0.15) is 120 Å². The van der Waals surface area contributed by atoms with Crippen molar-refractivity contribution >= 4 is 35.9 Å². The van der Waals surface area contributed by atoms with Gasteiger partial charge in [-0.15, -0.1) is 46.2 Å². The summed E-state index contributed by atoms with van der Waals surface area (Å²) in [5.74, 6) is 0. The summed E-state index contributed by atoms with van der Waals surface area (Å²) in [6.45, 7) is 27.7. The number of hydrogen-bond donors (Lipinski definition) is 0. The first kappa shape index (κ1) is 43.8. The second-order valence-corrected chi connectivity index (χ2v) is 19.5. The van der Waals surface area contributed by atoms with E-state index in [0.29, 0.717) is 0 Å². The van der Waals surface area contributed by atoms with Gasteiger partial charge in [-0.05, 0) is 33.1 Å². The van der Waals surface area contributed by atoms with E-state index in [-0.39, 0.29) is 46.5 Å². The minimum Gasteiger partial charge on any atom is -1.00 e. The van der Waals surface area contributed by atoms with Crippen LogP contribution in [0.25, 0.3) is 32.7 Å². The molecule has 0 saturated heterocycles. The summed E-state index contributed by atoms with van der Waals surface area (Å²) in [6.07, 6.45) is 15.0. The normalized spacial score (nSPS) is 15.9. The monoisotopic (exact) mass is 828 g/mol. The Morgan fingerprint density at radius 2 is 1.02 bits per heavy atom. The molecule has 0 aromatic heterocycles. The molecule has 3 aliphatic rings. The van der Waals surface area contributed by atoms with Crippen LogP contribution in [-0.2, 0) is 35.1 Å². The number of rotatable bonds is 2. The maximum atomic E-state index is 2.99. The summed E-state index contributed by atoms with van der Waals surface area (Å²) in [6, 6.07) is 29.9. The fraction of sp³-hybridized carbons (Fsp3) is 0.333. The molecular formula is C51H56Cl2Zr-2. The number of halogens is 2. The number of benzene rings is 4. The van der Waals surface area contributed by atoms with Crippen LogP contribution in [0.2, 0.25) is 0 Å². The largest absolute Gasteiger partial charge is 1.00 e. The van der Waals surface area contributed by atoms with Crippen molar-refractivity contribution in [2.75, 3.05) is 0 Å². The number of hydrogen-bond acceptors (Lipinski definition) is 0. The van der Waals surface area contributed by atoms with Gasteiger partial charge in [0.05, 0.1) is 0 Å². The Hall–Kier alpha value is -2.96. The molecule has 0 fully saturated rings. The van der Waals surface area contributed by atoms with Crippen molar-refractivity contribution in [1.29, 1.82) is 0 Å². The number of allylic oxidation sites excluding steroid dienone is 8. The van der Waals surface area contributed by atoms with Gasteiger partial charge in [-0.2, -0.15) is 6.08 Å². The summed E-state index contributed by atoms with van der Waals surface area (Å²) in [4.78, 5) is 0. The maximum absolute atomic E-state index is 2.99. The van der Waals surface area contributed by atoms with E-state index in [1.807, 2.05) is 12.2 Å². The molecule has 0 amide bonds. The van der Waals surface area contributed by atoms with E-state index in [0.717, 1.165) is 6.42 Å². The minimum absolute atomic E-state index is 0. The molecule has 0 N–H and O–H groups in total. The Labute approximate surface area is 353 Å². The molecule has 0 aliphatic heterocycles. The quantitative estimate of drug-likeness (QED) is 0.159. The minimum atomic E-state index is 0. The zero-order valence-electron chi connectivity index (χ0n) is 34.4. The molecular weight excluding hydrogens is 775 g/mol. The second kappa shape index (κ2) is 16.3. The van der Waals surface area contributed by atoms with Crippen LogP contribution < -0.4 is 24.8 Å². The van der Waals surface area contributed by atoms with Crippen molar-refractivity contribution < 1.29 is 49.0 Å². The Morgan fingerprint density at radius 3 is 1.31 bits per heavy atom. The van der Waals surface area contributed by atoms with Gasteiger partial charge in [0, 0.05) is 10.8 Å². The molecule has 0 atom stereocenters. The van der Waals surface area contributed by atoms with Crippen LogP contribution in [0.5, 0.6) is 0 Å². The zero-order chi connectivity index (χ0) is 37.8. The molecule has 5 aromatic rings. The van der Waals surface area contributed by atoms with E-state index >= 15 is 0 Å². The molecule has 54 heavy (non-hydrogen) atoms. The van der Waals surface area contributed by atoms with Crippen molar-refractivity contribution in [3.63, 3.8) is 0 Å². The molecule has 0 radical (unpaired) electrons. The van der Waals surface area contributed by atoms with Gasteiger partial charge >= 0.3 is 112 Å². The molecule has 280 valence electrons. The third-order valence-electron chi connectivity index (χ3n) is 10.8. The molecule has 0 heterocycles. The SMILES string of the molecule is CC(C)(C)C1=CC(C)(C)c2cc3[cH-]c4cc5c(cc4c3cc21)C(C(C)(C)C)=CC5(C)C.Cc1ccc([C](=[Zr+2])c2ccc(C)cc2)cc1.[C-]1=CC=CC1.[Cl-].[Cl-]. The predicted molar refractivity (Wildman–Crippen MR) is 225 cm³/mol. The molecule has 0 spiro atoms. The van der Waals surface area contributed by atoms with Gasteiger partial charge in [0.2, 0.25) is 0 Å². The summed E-state index contributed by atoms with van der Waals surface area (Å²) < 4.78 is 1.42. The summed E-state index contributed by atoms with van der Waals surface area (Å²) in [5.41, 5.74) is 14.6. The Kier molecular flexibility index (Phi) is 13.2. The Morgan fingerprint density at radius 1 is 0.630 bits per heavy atom. The van der Waals surface area contributed by atoms with E-state index in [2.05, 4.69) is 186 Å². The first-order chi connectivity index (χ1) is 24.3. The van der Waals surface area contributed by atoms with Gasteiger partial charge in [-0.3, -0.25) is 6.08 Å².